The van der Waals surface area contributed by atoms with Crippen LogP contribution in [0.1, 0.15) is 37.6 Å². The first-order valence-electron chi connectivity index (χ1n) is 6.64. The Bertz CT molecular complexity index is 548. The molecule has 0 aliphatic carbocycles. The molecule has 1 aromatic heterocycles. The summed E-state index contributed by atoms with van der Waals surface area (Å²) in [7, 11) is 0. The minimum absolute atomic E-state index is 0.460. The fourth-order valence-electron chi connectivity index (χ4n) is 1.87. The highest BCUT2D eigenvalue weighted by Crippen LogP contribution is 2.21. The van der Waals surface area contributed by atoms with Crippen LogP contribution in [0.4, 0.5) is 5.69 Å². The van der Waals surface area contributed by atoms with Crippen LogP contribution in [0, 0.1) is 6.92 Å². The van der Waals surface area contributed by atoms with Crippen molar-refractivity contribution in [3.8, 4) is 0 Å². The smallest absolute Gasteiger partial charge is 0.0815 e. The Morgan fingerprint density at radius 2 is 2.16 bits per heavy atom. The highest BCUT2D eigenvalue weighted by Gasteiger charge is 2.05. The van der Waals surface area contributed by atoms with Crippen molar-refractivity contribution >= 4 is 21.6 Å². The predicted octanol–water partition coefficient (Wildman–Crippen LogP) is 4.54. The molecule has 1 unspecified atom stereocenters. The molecule has 1 aromatic carbocycles. The summed E-state index contributed by atoms with van der Waals surface area (Å²) in [6.45, 7) is 7.21. The monoisotopic (exact) mass is 321 g/mol. The lowest BCUT2D eigenvalue weighted by molar-refractivity contribution is 0.474. The van der Waals surface area contributed by atoms with Gasteiger partial charge in [0.05, 0.1) is 12.2 Å². The molecule has 1 N–H and O–H groups in total. The van der Waals surface area contributed by atoms with Crippen molar-refractivity contribution in [1.29, 1.82) is 0 Å². The zero-order chi connectivity index (χ0) is 13.8. The van der Waals surface area contributed by atoms with Crippen LogP contribution in [0.15, 0.2) is 34.9 Å². The van der Waals surface area contributed by atoms with E-state index in [9.17, 15) is 0 Å². The van der Waals surface area contributed by atoms with Crippen LogP contribution in [-0.2, 0) is 6.54 Å². The number of hydrogen-bond acceptors (Lipinski definition) is 2. The number of rotatable bonds is 5. The second-order valence-electron chi connectivity index (χ2n) is 4.86. The van der Waals surface area contributed by atoms with Crippen molar-refractivity contribution in [3.63, 3.8) is 0 Å². The number of aromatic nitrogens is 2. The number of nitrogens with one attached hydrogen (secondary N) is 1. The fourth-order valence-corrected chi connectivity index (χ4v) is 2.24. The van der Waals surface area contributed by atoms with E-state index >= 15 is 0 Å². The van der Waals surface area contributed by atoms with E-state index < -0.39 is 0 Å². The second-order valence-corrected chi connectivity index (χ2v) is 5.77. The molecule has 0 aliphatic rings. The number of nitrogens with zero attached hydrogens (tertiary/aromatic N) is 2. The molecule has 102 valence electrons. The molecule has 19 heavy (non-hydrogen) atoms. The third-order valence-corrected chi connectivity index (χ3v) is 3.86. The van der Waals surface area contributed by atoms with Crippen molar-refractivity contribution in [2.75, 3.05) is 5.32 Å². The molecule has 3 nitrogen and oxygen atoms in total. The molecule has 1 atom stereocenters. The fraction of sp³-hybridized carbons (Fsp3) is 0.400. The third-order valence-electron chi connectivity index (χ3n) is 3.37. The van der Waals surface area contributed by atoms with Gasteiger partial charge in [-0.05, 0) is 44.0 Å². The van der Waals surface area contributed by atoms with E-state index in [4.69, 9.17) is 0 Å². The van der Waals surface area contributed by atoms with Crippen molar-refractivity contribution in [1.82, 2.24) is 9.78 Å². The molecule has 4 heteroatoms. The van der Waals surface area contributed by atoms with E-state index in [1.54, 1.807) is 0 Å². The quantitative estimate of drug-likeness (QED) is 0.876. The Morgan fingerprint density at radius 3 is 2.89 bits per heavy atom. The molecular formula is C15H20BrN3. The van der Waals surface area contributed by atoms with E-state index in [0.29, 0.717) is 6.04 Å². The van der Waals surface area contributed by atoms with Gasteiger partial charge in [-0.1, -0.05) is 28.9 Å². The van der Waals surface area contributed by atoms with E-state index in [-0.39, 0.29) is 0 Å². The van der Waals surface area contributed by atoms with Crippen molar-refractivity contribution < 1.29 is 0 Å². The molecule has 0 fully saturated rings. The lowest BCUT2D eigenvalue weighted by atomic mass is 10.2. The van der Waals surface area contributed by atoms with Crippen LogP contribution in [-0.4, -0.2) is 9.78 Å². The summed E-state index contributed by atoms with van der Waals surface area (Å²) in [6, 6.07) is 8.79. The molecule has 0 bridgehead atoms. The topological polar surface area (TPSA) is 29.9 Å². The maximum Gasteiger partial charge on any atom is 0.0815 e. The molecule has 0 aliphatic heterocycles. The summed E-state index contributed by atoms with van der Waals surface area (Å²) in [5.41, 5.74) is 3.46. The molecule has 0 saturated heterocycles. The lowest BCUT2D eigenvalue weighted by Gasteiger charge is -2.10. The normalized spacial score (nSPS) is 12.4. The Balaban J connectivity index is 2.02. The maximum absolute atomic E-state index is 4.59. The molecule has 2 rings (SSSR count). The standard InChI is InChI=1S/C15H20BrN3/c1-4-12(3)19-8-7-14(18-19)10-17-15-9-13(16)6-5-11(15)2/h5-9,12,17H,4,10H2,1-3H3. The first-order valence-corrected chi connectivity index (χ1v) is 7.43. The highest BCUT2D eigenvalue weighted by atomic mass is 79.9. The van der Waals surface area contributed by atoms with E-state index in [0.717, 1.165) is 28.8 Å². The summed E-state index contributed by atoms with van der Waals surface area (Å²) in [5.74, 6) is 0. The van der Waals surface area contributed by atoms with Gasteiger partial charge < -0.3 is 5.32 Å². The minimum Gasteiger partial charge on any atom is -0.379 e. The summed E-state index contributed by atoms with van der Waals surface area (Å²) in [5, 5.41) is 8.03. The van der Waals surface area contributed by atoms with E-state index in [1.165, 1.54) is 5.56 Å². The van der Waals surface area contributed by atoms with E-state index in [2.05, 4.69) is 77.6 Å². The zero-order valence-corrected chi connectivity index (χ0v) is 13.2. The van der Waals surface area contributed by atoms with Crippen LogP contribution in [0.25, 0.3) is 0 Å². The number of anilines is 1. The van der Waals surface area contributed by atoms with Crippen LogP contribution in [0.5, 0.6) is 0 Å². The number of benzene rings is 1. The van der Waals surface area contributed by atoms with Crippen LogP contribution in [0.3, 0.4) is 0 Å². The molecule has 2 aromatic rings. The van der Waals surface area contributed by atoms with Gasteiger partial charge in [-0.25, -0.2) is 0 Å². The first kappa shape index (κ1) is 14.1. The van der Waals surface area contributed by atoms with Gasteiger partial charge in [0, 0.05) is 22.4 Å². The molecule has 0 spiro atoms. The van der Waals surface area contributed by atoms with Crippen molar-refractivity contribution in [3.05, 3.63) is 46.2 Å². The molecule has 0 saturated carbocycles. The van der Waals surface area contributed by atoms with Gasteiger partial charge in [-0.2, -0.15) is 5.10 Å². The second kappa shape index (κ2) is 6.24. The molecular weight excluding hydrogens is 302 g/mol. The number of halogens is 1. The van der Waals surface area contributed by atoms with Crippen molar-refractivity contribution in [2.45, 2.75) is 39.8 Å². The van der Waals surface area contributed by atoms with Gasteiger partial charge >= 0.3 is 0 Å². The summed E-state index contributed by atoms with van der Waals surface area (Å²) in [4.78, 5) is 0. The predicted molar refractivity (Wildman–Crippen MR) is 83.4 cm³/mol. The van der Waals surface area contributed by atoms with Gasteiger partial charge in [0.2, 0.25) is 0 Å². The summed E-state index contributed by atoms with van der Waals surface area (Å²) in [6.07, 6.45) is 3.15. The van der Waals surface area contributed by atoms with Gasteiger partial charge in [0.15, 0.2) is 0 Å². The van der Waals surface area contributed by atoms with Crippen LogP contribution < -0.4 is 5.32 Å². The van der Waals surface area contributed by atoms with E-state index in [1.807, 2.05) is 4.68 Å². The average molecular weight is 322 g/mol. The van der Waals surface area contributed by atoms with Gasteiger partial charge in [-0.15, -0.1) is 0 Å². The third kappa shape index (κ3) is 3.60. The van der Waals surface area contributed by atoms with Crippen LogP contribution in [0.2, 0.25) is 0 Å². The van der Waals surface area contributed by atoms with Gasteiger partial charge in [0.1, 0.15) is 0 Å². The summed E-state index contributed by atoms with van der Waals surface area (Å²) >= 11 is 3.50. The maximum atomic E-state index is 4.59. The SMILES string of the molecule is CCC(C)n1ccc(CNc2cc(Br)ccc2C)n1. The Labute approximate surface area is 123 Å². The minimum atomic E-state index is 0.460. The molecule has 0 amide bonds. The largest absolute Gasteiger partial charge is 0.379 e. The molecule has 0 radical (unpaired) electrons. The van der Waals surface area contributed by atoms with Crippen molar-refractivity contribution in [2.24, 2.45) is 0 Å². The molecule has 1 heterocycles. The number of aryl methyl sites for hydroxylation is 1. The Morgan fingerprint density at radius 1 is 1.37 bits per heavy atom. The van der Waals surface area contributed by atoms with Crippen LogP contribution >= 0.6 is 15.9 Å². The Kier molecular flexibility index (Phi) is 4.64. The lowest BCUT2D eigenvalue weighted by Crippen LogP contribution is -2.07. The first-order chi connectivity index (χ1) is 9.10. The van der Waals surface area contributed by atoms with Gasteiger partial charge in [-0.3, -0.25) is 4.68 Å². The zero-order valence-electron chi connectivity index (χ0n) is 11.7. The summed E-state index contributed by atoms with van der Waals surface area (Å²) < 4.78 is 3.12. The van der Waals surface area contributed by atoms with Gasteiger partial charge in [0.25, 0.3) is 0 Å². The number of hydrogen-bond donors (Lipinski definition) is 1. The average Bonchev–Trinajstić information content (AvgIpc) is 2.88. The Hall–Kier alpha value is -1.29. The highest BCUT2D eigenvalue weighted by molar-refractivity contribution is 9.10.